The third-order valence-corrected chi connectivity index (χ3v) is 2.55. The van der Waals surface area contributed by atoms with Gasteiger partial charge in [0.25, 0.3) is 0 Å². The molecule has 5 nitrogen and oxygen atoms in total. The second-order valence-electron chi connectivity index (χ2n) is 3.94. The third kappa shape index (κ3) is 6.09. The summed E-state index contributed by atoms with van der Waals surface area (Å²) in [4.78, 5) is 22.1. The van der Waals surface area contributed by atoms with Crippen molar-refractivity contribution >= 4 is 11.9 Å². The minimum Gasteiger partial charge on any atom is -0.548 e. The Labute approximate surface area is 134 Å². The summed E-state index contributed by atoms with van der Waals surface area (Å²) < 4.78 is 4.46. The van der Waals surface area contributed by atoms with Crippen LogP contribution >= 0.6 is 0 Å². The second-order valence-corrected chi connectivity index (χ2v) is 3.94. The monoisotopic (exact) mass is 273 g/mol. The molecule has 0 saturated heterocycles. The van der Waals surface area contributed by atoms with Gasteiger partial charge in [-0.2, -0.15) is 0 Å². The van der Waals surface area contributed by atoms with Gasteiger partial charge in [-0.25, -0.2) is 4.79 Å². The predicted octanol–water partition coefficient (Wildman–Crippen LogP) is -2.95. The van der Waals surface area contributed by atoms with Gasteiger partial charge in [-0.1, -0.05) is 18.2 Å². The first-order valence-corrected chi connectivity index (χ1v) is 5.62. The van der Waals surface area contributed by atoms with Crippen LogP contribution in [-0.4, -0.2) is 25.1 Å². The number of allylic oxidation sites excluding steroid dienone is 4. The molecule has 1 aliphatic carbocycles. The van der Waals surface area contributed by atoms with Crippen molar-refractivity contribution in [3.63, 3.8) is 0 Å². The van der Waals surface area contributed by atoms with Crippen molar-refractivity contribution in [3.8, 4) is 0 Å². The molecule has 19 heavy (non-hydrogen) atoms. The summed E-state index contributed by atoms with van der Waals surface area (Å²) in [5.74, 6) is -1.75. The van der Waals surface area contributed by atoms with Crippen molar-refractivity contribution in [2.45, 2.75) is 25.8 Å². The van der Waals surface area contributed by atoms with Gasteiger partial charge in [0.1, 0.15) is 0 Å². The Morgan fingerprint density at radius 2 is 2.16 bits per heavy atom. The molecule has 1 rings (SSSR count). The van der Waals surface area contributed by atoms with Crippen LogP contribution in [0.15, 0.2) is 35.6 Å². The summed E-state index contributed by atoms with van der Waals surface area (Å²) in [6, 6.07) is -0.921. The van der Waals surface area contributed by atoms with E-state index in [0.29, 0.717) is 18.5 Å². The summed E-state index contributed by atoms with van der Waals surface area (Å²) in [5, 5.41) is 13.9. The number of carboxylic acid groups (broad SMARTS) is 1. The van der Waals surface area contributed by atoms with Gasteiger partial charge in [0.15, 0.2) is 0 Å². The Bertz CT molecular complexity index is 426. The average Bonchev–Trinajstić information content (AvgIpc) is 2.36. The zero-order valence-corrected chi connectivity index (χ0v) is 13.4. The van der Waals surface area contributed by atoms with Crippen LogP contribution in [0.3, 0.4) is 0 Å². The molecule has 0 spiro atoms. The van der Waals surface area contributed by atoms with Crippen LogP contribution in [0.2, 0.25) is 0 Å². The maximum atomic E-state index is 11.1. The maximum Gasteiger partial charge on any atom is 1.00 e. The van der Waals surface area contributed by atoms with Gasteiger partial charge in [0.2, 0.25) is 0 Å². The van der Waals surface area contributed by atoms with Crippen molar-refractivity contribution in [2.75, 3.05) is 7.11 Å². The minimum absolute atomic E-state index is 0. The van der Waals surface area contributed by atoms with Crippen LogP contribution in [0, 0.1) is 0 Å². The number of carbonyl (C=O) groups excluding carboxylic acids is 2. The Morgan fingerprint density at radius 1 is 1.47 bits per heavy atom. The van der Waals surface area contributed by atoms with Gasteiger partial charge in [0.05, 0.1) is 19.1 Å². The molecule has 0 aromatic heterocycles. The molecule has 0 aliphatic heterocycles. The molecule has 0 aromatic carbocycles. The van der Waals surface area contributed by atoms with E-state index in [2.05, 4.69) is 10.1 Å². The molecule has 0 heterocycles. The van der Waals surface area contributed by atoms with E-state index >= 15 is 0 Å². The van der Waals surface area contributed by atoms with Crippen molar-refractivity contribution in [1.29, 1.82) is 0 Å². The van der Waals surface area contributed by atoms with Gasteiger partial charge in [-0.05, 0) is 25.3 Å². The molecule has 1 N–H and O–H groups in total. The normalized spacial score (nSPS) is 15.9. The molecule has 0 fully saturated rings. The summed E-state index contributed by atoms with van der Waals surface area (Å²) in [5.41, 5.74) is 1.15. The van der Waals surface area contributed by atoms with Gasteiger partial charge in [-0.15, -0.1) is 0 Å². The minimum atomic E-state index is -1.21. The second kappa shape index (κ2) is 8.96. The number of carboxylic acids is 1. The van der Waals surface area contributed by atoms with Crippen molar-refractivity contribution < 1.29 is 49.0 Å². The average molecular weight is 273 g/mol. The summed E-state index contributed by atoms with van der Waals surface area (Å²) in [7, 11) is 1.26. The van der Waals surface area contributed by atoms with E-state index in [-0.39, 0.29) is 29.6 Å². The predicted molar refractivity (Wildman–Crippen MR) is 64.2 cm³/mol. The van der Waals surface area contributed by atoms with Crippen molar-refractivity contribution in [2.24, 2.45) is 0 Å². The number of carbonyl (C=O) groups is 2. The van der Waals surface area contributed by atoms with Crippen LogP contribution in [0.5, 0.6) is 0 Å². The van der Waals surface area contributed by atoms with E-state index in [9.17, 15) is 14.7 Å². The van der Waals surface area contributed by atoms with Crippen molar-refractivity contribution in [1.82, 2.24) is 5.32 Å². The fourth-order valence-electron chi connectivity index (χ4n) is 1.66. The van der Waals surface area contributed by atoms with Crippen LogP contribution in [0.1, 0.15) is 19.8 Å². The number of hydrogen-bond donors (Lipinski definition) is 1. The number of hydrogen-bond acceptors (Lipinski definition) is 5. The number of esters is 1. The molecule has 98 valence electrons. The van der Waals surface area contributed by atoms with Crippen LogP contribution < -0.4 is 40.0 Å². The SMILES string of the molecule is COC(=O)C=C(C)N[C@H](C(=O)[O-])C1=CCC=CC1.[Na+]. The van der Waals surface area contributed by atoms with Crippen LogP contribution in [0.25, 0.3) is 0 Å². The fraction of sp³-hybridized carbons (Fsp3) is 0.385. The molecule has 0 amide bonds. The largest absolute Gasteiger partial charge is 1.00 e. The third-order valence-electron chi connectivity index (χ3n) is 2.55. The van der Waals surface area contributed by atoms with E-state index in [4.69, 9.17) is 0 Å². The summed E-state index contributed by atoms with van der Waals surface area (Å²) in [6.07, 6.45) is 8.20. The Morgan fingerprint density at radius 3 is 2.63 bits per heavy atom. The van der Waals surface area contributed by atoms with E-state index in [1.165, 1.54) is 13.2 Å². The van der Waals surface area contributed by atoms with Gasteiger partial charge in [-0.3, -0.25) is 0 Å². The Kier molecular flexibility index (Phi) is 8.47. The molecule has 1 aliphatic rings. The molecule has 0 saturated carbocycles. The van der Waals surface area contributed by atoms with E-state index in [0.717, 1.165) is 5.57 Å². The standard InChI is InChI=1S/C13H17NO4.Na/c1-9(8-11(15)18-2)14-12(13(16)17)10-6-4-3-5-7-10;/h3-4,7-8,12,14H,5-6H2,1-2H3,(H,16,17);/q;+1/p-1/t12-;/m0./s1. The topological polar surface area (TPSA) is 78.5 Å². The van der Waals surface area contributed by atoms with Crippen LogP contribution in [-0.2, 0) is 14.3 Å². The number of aliphatic carboxylic acids is 1. The molecule has 6 heteroatoms. The summed E-state index contributed by atoms with van der Waals surface area (Å²) >= 11 is 0. The molecule has 0 aromatic rings. The first-order chi connectivity index (χ1) is 8.54. The van der Waals surface area contributed by atoms with E-state index in [1.807, 2.05) is 18.2 Å². The number of rotatable bonds is 5. The summed E-state index contributed by atoms with van der Waals surface area (Å²) in [6.45, 7) is 1.60. The van der Waals surface area contributed by atoms with Crippen LogP contribution in [0.4, 0.5) is 0 Å². The smallest absolute Gasteiger partial charge is 0.548 e. The zero-order valence-electron chi connectivity index (χ0n) is 11.4. The number of methoxy groups -OCH3 is 1. The number of ether oxygens (including phenoxy) is 1. The van der Waals surface area contributed by atoms with Gasteiger partial charge >= 0.3 is 35.5 Å². The Hall–Kier alpha value is -1.04. The van der Waals surface area contributed by atoms with E-state index in [1.54, 1.807) is 6.92 Å². The first kappa shape index (κ1) is 18.0. The maximum absolute atomic E-state index is 11.1. The molecule has 0 radical (unpaired) electrons. The van der Waals surface area contributed by atoms with E-state index < -0.39 is 18.0 Å². The van der Waals surface area contributed by atoms with Crippen molar-refractivity contribution in [3.05, 3.63) is 35.6 Å². The number of nitrogens with one attached hydrogen (secondary N) is 1. The van der Waals surface area contributed by atoms with Gasteiger partial charge in [0, 0.05) is 11.8 Å². The molecular weight excluding hydrogens is 257 g/mol. The zero-order chi connectivity index (χ0) is 13.5. The quantitative estimate of drug-likeness (QED) is 0.251. The Balaban J connectivity index is 0.00000324. The van der Waals surface area contributed by atoms with Gasteiger partial charge < -0.3 is 20.0 Å². The fourth-order valence-corrected chi connectivity index (χ4v) is 1.66. The molecular formula is C13H16NNaO4. The molecule has 0 bridgehead atoms. The molecule has 1 atom stereocenters. The molecule has 0 unspecified atom stereocenters. The first-order valence-electron chi connectivity index (χ1n) is 5.62.